The van der Waals surface area contributed by atoms with E-state index in [1.54, 1.807) is 11.8 Å². The molecule has 0 atom stereocenters. The average Bonchev–Trinajstić information content (AvgIpc) is 3.21. The van der Waals surface area contributed by atoms with Gasteiger partial charge in [-0.05, 0) is 54.7 Å². The first-order chi connectivity index (χ1) is 13.0. The first kappa shape index (κ1) is 19.9. The van der Waals surface area contributed by atoms with Gasteiger partial charge in [0, 0.05) is 17.4 Å². The minimum Gasteiger partial charge on any atom is -0.349 e. The van der Waals surface area contributed by atoms with Gasteiger partial charge in [0.1, 0.15) is 6.33 Å². The van der Waals surface area contributed by atoms with Crippen molar-refractivity contribution < 1.29 is 4.79 Å². The lowest BCUT2D eigenvalue weighted by atomic mass is 9.69. The molecule has 1 amide bonds. The van der Waals surface area contributed by atoms with Gasteiger partial charge < -0.3 is 5.32 Å². The van der Waals surface area contributed by atoms with E-state index in [1.165, 1.54) is 25.6 Å². The Hall–Kier alpha value is -1.82. The molecule has 1 aliphatic rings. The van der Waals surface area contributed by atoms with E-state index in [0.717, 1.165) is 40.8 Å². The molecule has 146 valence electrons. The van der Waals surface area contributed by atoms with Gasteiger partial charge in [0.05, 0.1) is 0 Å². The van der Waals surface area contributed by atoms with Gasteiger partial charge in [-0.2, -0.15) is 5.10 Å². The molecule has 27 heavy (non-hydrogen) atoms. The Morgan fingerprint density at radius 2 is 1.93 bits per heavy atom. The van der Waals surface area contributed by atoms with Gasteiger partial charge in [-0.25, -0.2) is 4.98 Å². The highest BCUT2D eigenvalue weighted by Crippen LogP contribution is 2.40. The monoisotopic (exact) mass is 386 g/mol. The third-order valence-corrected chi connectivity index (χ3v) is 7.01. The third-order valence-electron chi connectivity index (χ3n) is 6.06. The Bertz CT molecular complexity index is 719. The smallest absolute Gasteiger partial charge is 0.251 e. The van der Waals surface area contributed by atoms with Crippen molar-refractivity contribution in [1.29, 1.82) is 0 Å². The number of rotatable bonds is 7. The lowest BCUT2D eigenvalue weighted by molar-refractivity contribution is 0.0893. The minimum absolute atomic E-state index is 0.0441. The molecule has 0 radical (unpaired) electrons. The predicted octanol–water partition coefficient (Wildman–Crippen LogP) is 4.82. The van der Waals surface area contributed by atoms with E-state index < -0.39 is 0 Å². The fourth-order valence-corrected chi connectivity index (χ4v) is 4.48. The number of nitrogens with one attached hydrogen (secondary N) is 2. The molecular formula is C21H30N4OS. The molecule has 1 fully saturated rings. The van der Waals surface area contributed by atoms with Crippen LogP contribution in [0.1, 0.15) is 68.8 Å². The number of hydrogen-bond acceptors (Lipinski definition) is 4. The number of carbonyl (C=O) groups excluding carboxylic acids is 1. The summed E-state index contributed by atoms with van der Waals surface area (Å²) in [6.07, 6.45) is 7.33. The second-order valence-electron chi connectivity index (χ2n) is 8.14. The summed E-state index contributed by atoms with van der Waals surface area (Å²) >= 11 is 1.60. The summed E-state index contributed by atoms with van der Waals surface area (Å²) in [4.78, 5) is 16.7. The van der Waals surface area contributed by atoms with Crippen molar-refractivity contribution in [2.45, 2.75) is 69.8 Å². The first-order valence-electron chi connectivity index (χ1n) is 9.86. The maximum atomic E-state index is 12.6. The molecule has 1 aliphatic carbocycles. The predicted molar refractivity (Wildman–Crippen MR) is 110 cm³/mol. The summed E-state index contributed by atoms with van der Waals surface area (Å²) in [5.74, 6) is 1.62. The number of H-pyrrole nitrogens is 1. The van der Waals surface area contributed by atoms with Crippen LogP contribution in [0.15, 0.2) is 35.7 Å². The fourth-order valence-electron chi connectivity index (χ4n) is 3.74. The highest BCUT2D eigenvalue weighted by molar-refractivity contribution is 7.98. The minimum atomic E-state index is 0.0441. The first-order valence-corrected chi connectivity index (χ1v) is 10.8. The summed E-state index contributed by atoms with van der Waals surface area (Å²) < 4.78 is 0. The Labute approximate surface area is 166 Å². The molecule has 1 aromatic carbocycles. The summed E-state index contributed by atoms with van der Waals surface area (Å²) in [6, 6.07) is 8.16. The number of carbonyl (C=O) groups is 1. The zero-order valence-corrected chi connectivity index (χ0v) is 17.3. The van der Waals surface area contributed by atoms with Gasteiger partial charge in [-0.1, -0.05) is 51.1 Å². The molecule has 3 rings (SSSR count). The highest BCUT2D eigenvalue weighted by Gasteiger charge is 2.32. The highest BCUT2D eigenvalue weighted by atomic mass is 32.2. The Morgan fingerprint density at radius 3 is 2.52 bits per heavy atom. The van der Waals surface area contributed by atoms with Crippen molar-refractivity contribution in [2.75, 3.05) is 0 Å². The standard InChI is InChI=1S/C21H30N4OS/c1-4-21(2,3)17-9-11-18(12-10-17)24-19(26)16-7-5-15(6-8-16)13-27-20-22-14-23-25-20/h5-8,14,17-18H,4,9-13H2,1-3H3,(H,24,26)(H,22,23,25). The van der Waals surface area contributed by atoms with Gasteiger partial charge in [0.2, 0.25) is 0 Å². The second-order valence-corrected chi connectivity index (χ2v) is 9.10. The molecule has 6 heteroatoms. The van der Waals surface area contributed by atoms with E-state index in [9.17, 15) is 4.79 Å². The van der Waals surface area contributed by atoms with E-state index in [0.29, 0.717) is 11.5 Å². The largest absolute Gasteiger partial charge is 0.349 e. The number of amides is 1. The normalized spacial score (nSPS) is 20.4. The molecule has 1 aromatic heterocycles. The zero-order valence-electron chi connectivity index (χ0n) is 16.5. The molecule has 0 bridgehead atoms. The Morgan fingerprint density at radius 1 is 1.22 bits per heavy atom. The van der Waals surface area contributed by atoms with Gasteiger partial charge in [0.15, 0.2) is 5.16 Å². The van der Waals surface area contributed by atoms with Gasteiger partial charge in [0.25, 0.3) is 5.91 Å². The number of hydrogen-bond donors (Lipinski definition) is 2. The van der Waals surface area contributed by atoms with Crippen molar-refractivity contribution in [2.24, 2.45) is 11.3 Å². The Kier molecular flexibility index (Phi) is 6.58. The zero-order chi connectivity index (χ0) is 19.3. The maximum absolute atomic E-state index is 12.6. The van der Waals surface area contributed by atoms with Gasteiger partial charge >= 0.3 is 0 Å². The molecule has 0 spiro atoms. The Balaban J connectivity index is 1.47. The van der Waals surface area contributed by atoms with Crippen LogP contribution in [0, 0.1) is 11.3 Å². The summed E-state index contributed by atoms with van der Waals surface area (Å²) in [5.41, 5.74) is 2.31. The van der Waals surface area contributed by atoms with Crippen molar-refractivity contribution in [3.05, 3.63) is 41.7 Å². The molecule has 2 N–H and O–H groups in total. The molecule has 1 heterocycles. The molecule has 0 aliphatic heterocycles. The third kappa shape index (κ3) is 5.34. The van der Waals surface area contributed by atoms with Gasteiger partial charge in [-0.15, -0.1) is 0 Å². The lowest BCUT2D eigenvalue weighted by Crippen LogP contribution is -2.39. The topological polar surface area (TPSA) is 70.7 Å². The van der Waals surface area contributed by atoms with Crippen LogP contribution in [0.5, 0.6) is 0 Å². The van der Waals surface area contributed by atoms with Crippen LogP contribution >= 0.6 is 11.8 Å². The molecular weight excluding hydrogens is 356 g/mol. The van der Waals surface area contributed by atoms with E-state index in [2.05, 4.69) is 41.3 Å². The van der Waals surface area contributed by atoms with Crippen molar-refractivity contribution in [1.82, 2.24) is 20.5 Å². The van der Waals surface area contributed by atoms with Crippen molar-refractivity contribution in [3.63, 3.8) is 0 Å². The van der Waals surface area contributed by atoms with Crippen LogP contribution < -0.4 is 5.32 Å². The fraction of sp³-hybridized carbons (Fsp3) is 0.571. The van der Waals surface area contributed by atoms with Gasteiger partial charge in [-0.3, -0.25) is 9.89 Å². The number of aromatic amines is 1. The summed E-state index contributed by atoms with van der Waals surface area (Å²) in [7, 11) is 0. The molecule has 0 unspecified atom stereocenters. The molecule has 0 saturated heterocycles. The summed E-state index contributed by atoms with van der Waals surface area (Å²) in [5, 5.41) is 10.7. The molecule has 2 aromatic rings. The molecule has 5 nitrogen and oxygen atoms in total. The van der Waals surface area contributed by atoms with Crippen LogP contribution in [0.4, 0.5) is 0 Å². The van der Waals surface area contributed by atoms with E-state index in [-0.39, 0.29) is 5.91 Å². The number of nitrogens with zero attached hydrogens (tertiary/aromatic N) is 2. The van der Waals surface area contributed by atoms with Crippen LogP contribution in [0.25, 0.3) is 0 Å². The number of aromatic nitrogens is 3. The van der Waals surface area contributed by atoms with E-state index in [1.807, 2.05) is 24.3 Å². The maximum Gasteiger partial charge on any atom is 0.251 e. The number of benzene rings is 1. The van der Waals surface area contributed by atoms with Crippen molar-refractivity contribution >= 4 is 17.7 Å². The average molecular weight is 387 g/mol. The number of thioether (sulfide) groups is 1. The van der Waals surface area contributed by atoms with Crippen molar-refractivity contribution in [3.8, 4) is 0 Å². The van der Waals surface area contributed by atoms with Crippen LogP contribution in [-0.2, 0) is 5.75 Å². The second kappa shape index (κ2) is 8.91. The van der Waals surface area contributed by atoms with Crippen LogP contribution in [-0.4, -0.2) is 27.1 Å². The van der Waals surface area contributed by atoms with Crippen LogP contribution in [0.3, 0.4) is 0 Å². The van der Waals surface area contributed by atoms with E-state index in [4.69, 9.17) is 0 Å². The summed E-state index contributed by atoms with van der Waals surface area (Å²) in [6.45, 7) is 7.03. The lowest BCUT2D eigenvalue weighted by Gasteiger charge is -2.39. The van der Waals surface area contributed by atoms with E-state index >= 15 is 0 Å². The quantitative estimate of drug-likeness (QED) is 0.669. The van der Waals surface area contributed by atoms with Crippen LogP contribution in [0.2, 0.25) is 0 Å². The SMILES string of the molecule is CCC(C)(C)C1CCC(NC(=O)c2ccc(CSc3ncn[nH]3)cc2)CC1. The molecule has 1 saturated carbocycles.